The molecule has 1 fully saturated rings. The van der Waals surface area contributed by atoms with Crippen LogP contribution >= 0.6 is 0 Å². The van der Waals surface area contributed by atoms with Crippen LogP contribution in [0.5, 0.6) is 0 Å². The highest BCUT2D eigenvalue weighted by atomic mass is 16.5. The molecule has 0 radical (unpaired) electrons. The summed E-state index contributed by atoms with van der Waals surface area (Å²) in [5, 5.41) is 2.75. The van der Waals surface area contributed by atoms with Crippen LogP contribution in [0.4, 0.5) is 4.79 Å². The highest BCUT2D eigenvalue weighted by Crippen LogP contribution is 2.13. The van der Waals surface area contributed by atoms with Gasteiger partial charge in [0.15, 0.2) is 0 Å². The molecule has 1 N–H and O–H groups in total. The summed E-state index contributed by atoms with van der Waals surface area (Å²) in [5.41, 5.74) is 0. The van der Waals surface area contributed by atoms with Crippen LogP contribution in [0.25, 0.3) is 0 Å². The predicted molar refractivity (Wildman–Crippen MR) is 69.5 cm³/mol. The van der Waals surface area contributed by atoms with Crippen LogP contribution in [0.1, 0.15) is 12.8 Å². The predicted octanol–water partition coefficient (Wildman–Crippen LogP) is 0.343. The Morgan fingerprint density at radius 1 is 1.39 bits per heavy atom. The van der Waals surface area contributed by atoms with E-state index in [0.29, 0.717) is 19.3 Å². The number of hydrogen-bond acceptors (Lipinski definition) is 4. The first-order valence-corrected chi connectivity index (χ1v) is 6.41. The number of hydrogen-bond donors (Lipinski definition) is 1. The maximum atomic E-state index is 11.8. The Kier molecular flexibility index (Phi) is 7.00. The lowest BCUT2D eigenvalue weighted by Gasteiger charge is -2.35. The number of amides is 2. The Morgan fingerprint density at radius 2 is 2.06 bits per heavy atom. The number of carbonyl (C=O) groups excluding carboxylic acids is 1. The third-order valence-electron chi connectivity index (χ3n) is 3.31. The number of rotatable bonds is 6. The van der Waals surface area contributed by atoms with Crippen LogP contribution in [-0.2, 0) is 9.47 Å². The zero-order valence-electron chi connectivity index (χ0n) is 11.6. The lowest BCUT2D eigenvalue weighted by atomic mass is 10.0. The van der Waals surface area contributed by atoms with Gasteiger partial charge < -0.3 is 24.6 Å². The molecule has 1 saturated heterocycles. The van der Waals surface area contributed by atoms with E-state index in [1.165, 1.54) is 0 Å². The lowest BCUT2D eigenvalue weighted by Crippen LogP contribution is -2.48. The highest BCUT2D eigenvalue weighted by molar-refractivity contribution is 5.74. The largest absolute Gasteiger partial charge is 0.382 e. The summed E-state index contributed by atoms with van der Waals surface area (Å²) < 4.78 is 10.1. The van der Waals surface area contributed by atoms with Crippen LogP contribution in [0.2, 0.25) is 0 Å². The Balaban J connectivity index is 2.16. The van der Waals surface area contributed by atoms with E-state index in [2.05, 4.69) is 17.3 Å². The molecule has 1 aliphatic heterocycles. The average molecular weight is 259 g/mol. The summed E-state index contributed by atoms with van der Waals surface area (Å²) in [6.45, 7) is 3.37. The highest BCUT2D eigenvalue weighted by Gasteiger charge is 2.23. The van der Waals surface area contributed by atoms with E-state index in [0.717, 1.165) is 25.9 Å². The van der Waals surface area contributed by atoms with Crippen LogP contribution in [0.15, 0.2) is 0 Å². The minimum Gasteiger partial charge on any atom is -0.382 e. The van der Waals surface area contributed by atoms with Crippen molar-refractivity contribution in [2.45, 2.75) is 18.9 Å². The lowest BCUT2D eigenvalue weighted by molar-refractivity contribution is 0.0600. The molecule has 0 unspecified atom stereocenters. The molecule has 0 aromatic rings. The first-order chi connectivity index (χ1) is 8.65. The van der Waals surface area contributed by atoms with Crippen molar-refractivity contribution in [2.24, 2.45) is 0 Å². The topological polar surface area (TPSA) is 54.0 Å². The van der Waals surface area contributed by atoms with Gasteiger partial charge >= 0.3 is 6.03 Å². The van der Waals surface area contributed by atoms with E-state index >= 15 is 0 Å². The zero-order valence-corrected chi connectivity index (χ0v) is 11.6. The van der Waals surface area contributed by atoms with Crippen LogP contribution < -0.4 is 5.32 Å². The van der Waals surface area contributed by atoms with E-state index in [4.69, 9.17) is 9.47 Å². The number of carbonyl (C=O) groups is 1. The minimum atomic E-state index is -0.0676. The monoisotopic (exact) mass is 259 g/mol. The van der Waals surface area contributed by atoms with E-state index in [1.54, 1.807) is 12.0 Å². The molecular formula is C12H25N3O3. The molecular weight excluding hydrogens is 234 g/mol. The Bertz CT molecular complexity index is 243. The molecule has 18 heavy (non-hydrogen) atoms. The third-order valence-corrected chi connectivity index (χ3v) is 3.31. The SMILES string of the molecule is COCCOCNC(=O)N(C)C1CCN(C)CC1. The van der Waals surface area contributed by atoms with E-state index in [9.17, 15) is 4.79 Å². The van der Waals surface area contributed by atoms with Crippen molar-refractivity contribution in [3.8, 4) is 0 Å². The number of piperidine rings is 1. The second-order valence-corrected chi connectivity index (χ2v) is 4.67. The van der Waals surface area contributed by atoms with Crippen molar-refractivity contribution < 1.29 is 14.3 Å². The fourth-order valence-electron chi connectivity index (χ4n) is 2.00. The van der Waals surface area contributed by atoms with Crippen molar-refractivity contribution in [1.82, 2.24) is 15.1 Å². The van der Waals surface area contributed by atoms with Crippen molar-refractivity contribution >= 4 is 6.03 Å². The summed E-state index contributed by atoms with van der Waals surface area (Å²) >= 11 is 0. The van der Waals surface area contributed by atoms with Crippen LogP contribution in [-0.4, -0.2) is 76.1 Å². The molecule has 1 aliphatic rings. The maximum absolute atomic E-state index is 11.8. The quantitative estimate of drug-likeness (QED) is 0.552. The summed E-state index contributed by atoms with van der Waals surface area (Å²) in [6, 6.07) is 0.266. The second-order valence-electron chi connectivity index (χ2n) is 4.67. The van der Waals surface area contributed by atoms with E-state index in [1.807, 2.05) is 7.05 Å². The molecule has 6 heteroatoms. The van der Waals surface area contributed by atoms with Crippen molar-refractivity contribution in [3.05, 3.63) is 0 Å². The van der Waals surface area contributed by atoms with Gasteiger partial charge in [0.2, 0.25) is 0 Å². The van der Waals surface area contributed by atoms with Gasteiger partial charge in [-0.25, -0.2) is 4.79 Å². The fraction of sp³-hybridized carbons (Fsp3) is 0.917. The van der Waals surface area contributed by atoms with Crippen LogP contribution in [0, 0.1) is 0 Å². The van der Waals surface area contributed by atoms with Crippen molar-refractivity contribution in [1.29, 1.82) is 0 Å². The standard InChI is InChI=1S/C12H25N3O3/c1-14-6-4-11(5-7-14)15(2)12(16)13-10-18-9-8-17-3/h11H,4-10H2,1-3H3,(H,13,16). The van der Waals surface area contributed by atoms with Gasteiger partial charge in [-0.1, -0.05) is 0 Å². The van der Waals surface area contributed by atoms with Gasteiger partial charge in [0.1, 0.15) is 6.73 Å². The first kappa shape index (κ1) is 15.2. The average Bonchev–Trinajstić information content (AvgIpc) is 2.38. The van der Waals surface area contributed by atoms with Gasteiger partial charge in [0.05, 0.1) is 13.2 Å². The number of likely N-dealkylation sites (tertiary alicyclic amines) is 1. The van der Waals surface area contributed by atoms with Crippen molar-refractivity contribution in [3.63, 3.8) is 0 Å². The van der Waals surface area contributed by atoms with Gasteiger partial charge in [-0.15, -0.1) is 0 Å². The Morgan fingerprint density at radius 3 is 2.67 bits per heavy atom. The second kappa shape index (κ2) is 8.29. The number of methoxy groups -OCH3 is 1. The van der Waals surface area contributed by atoms with E-state index < -0.39 is 0 Å². The molecule has 1 heterocycles. The molecule has 0 atom stereocenters. The third kappa shape index (κ3) is 5.20. The maximum Gasteiger partial charge on any atom is 0.319 e. The van der Waals surface area contributed by atoms with Gasteiger partial charge in [0, 0.05) is 20.2 Å². The molecule has 0 bridgehead atoms. The number of urea groups is 1. The zero-order chi connectivity index (χ0) is 13.4. The molecule has 0 saturated carbocycles. The fourth-order valence-corrected chi connectivity index (χ4v) is 2.00. The number of ether oxygens (including phenoxy) is 2. The summed E-state index contributed by atoms with van der Waals surface area (Å²) in [5.74, 6) is 0. The summed E-state index contributed by atoms with van der Waals surface area (Å²) in [6.07, 6.45) is 2.07. The number of nitrogens with one attached hydrogen (secondary N) is 1. The molecule has 0 aromatic heterocycles. The molecule has 0 aromatic carbocycles. The Hall–Kier alpha value is -0.850. The molecule has 6 nitrogen and oxygen atoms in total. The normalized spacial score (nSPS) is 17.7. The molecule has 0 spiro atoms. The summed E-state index contributed by atoms with van der Waals surface area (Å²) in [4.78, 5) is 15.9. The van der Waals surface area contributed by atoms with Crippen LogP contribution in [0.3, 0.4) is 0 Å². The molecule has 0 aliphatic carbocycles. The first-order valence-electron chi connectivity index (χ1n) is 6.41. The Labute approximate surface area is 109 Å². The molecule has 1 rings (SSSR count). The molecule has 2 amide bonds. The van der Waals surface area contributed by atoms with Gasteiger partial charge in [0.25, 0.3) is 0 Å². The van der Waals surface area contributed by atoms with Gasteiger partial charge in [-0.2, -0.15) is 0 Å². The minimum absolute atomic E-state index is 0.0676. The molecule has 106 valence electrons. The van der Waals surface area contributed by atoms with Gasteiger partial charge in [-0.05, 0) is 33.0 Å². The van der Waals surface area contributed by atoms with Gasteiger partial charge in [-0.3, -0.25) is 0 Å². The van der Waals surface area contributed by atoms with Crippen molar-refractivity contribution in [2.75, 3.05) is 54.2 Å². The smallest absolute Gasteiger partial charge is 0.319 e. The van der Waals surface area contributed by atoms with E-state index in [-0.39, 0.29) is 12.8 Å². The summed E-state index contributed by atoms with van der Waals surface area (Å²) in [7, 11) is 5.58. The number of nitrogens with zero attached hydrogens (tertiary/aromatic N) is 2.